The topological polar surface area (TPSA) is 72.5 Å². The van der Waals surface area contributed by atoms with Crippen LogP contribution in [-0.4, -0.2) is 49.9 Å². The van der Waals surface area contributed by atoms with E-state index in [1.54, 1.807) is 11.3 Å². The van der Waals surface area contributed by atoms with Gasteiger partial charge in [-0.1, -0.05) is 18.6 Å². The van der Waals surface area contributed by atoms with Gasteiger partial charge in [-0.05, 0) is 67.3 Å². The predicted molar refractivity (Wildman–Crippen MR) is 147 cm³/mol. The number of aryl methyl sites for hydroxylation is 2. The number of imidazole rings is 1. The summed E-state index contributed by atoms with van der Waals surface area (Å²) in [7, 11) is 2.14. The number of benzene rings is 1. The van der Waals surface area contributed by atoms with Gasteiger partial charge in [-0.25, -0.2) is 9.78 Å². The number of amides is 1. The molecule has 1 saturated heterocycles. The molecule has 2 fully saturated rings. The van der Waals surface area contributed by atoms with Crippen LogP contribution in [0.1, 0.15) is 49.3 Å². The van der Waals surface area contributed by atoms with E-state index < -0.39 is 6.09 Å². The van der Waals surface area contributed by atoms with Gasteiger partial charge in [-0.3, -0.25) is 0 Å². The van der Waals surface area contributed by atoms with Crippen molar-refractivity contribution in [3.05, 3.63) is 59.2 Å². The van der Waals surface area contributed by atoms with E-state index in [0.717, 1.165) is 37.4 Å². The number of ether oxygens (including phenoxy) is 1. The number of hydrogen-bond acceptors (Lipinski definition) is 4. The largest absolute Gasteiger partial charge is 0.493 e. The summed E-state index contributed by atoms with van der Waals surface area (Å²) in [5, 5.41) is 11.3. The number of carboxylic acid groups (broad SMARTS) is 1. The Hall–Kier alpha value is -3.26. The maximum absolute atomic E-state index is 11.1. The third-order valence-electron chi connectivity index (χ3n) is 8.12. The Labute approximate surface area is 221 Å². The molecule has 1 aliphatic carbocycles. The summed E-state index contributed by atoms with van der Waals surface area (Å²) >= 11 is 1.79. The average molecular weight is 519 g/mol. The predicted octanol–water partition coefficient (Wildman–Crippen LogP) is 6.38. The molecule has 37 heavy (non-hydrogen) atoms. The molecule has 1 aromatic carbocycles. The zero-order chi connectivity index (χ0) is 25.4. The minimum atomic E-state index is -0.835. The summed E-state index contributed by atoms with van der Waals surface area (Å²) in [6.07, 6.45) is 8.05. The molecule has 1 atom stereocenters. The highest BCUT2D eigenvalue weighted by atomic mass is 32.1. The summed E-state index contributed by atoms with van der Waals surface area (Å²) in [5.41, 5.74) is 5.16. The fourth-order valence-corrected chi connectivity index (χ4v) is 6.52. The first-order chi connectivity index (χ1) is 18.1. The van der Waals surface area contributed by atoms with E-state index in [9.17, 15) is 4.79 Å². The molecule has 194 valence electrons. The molecule has 0 bridgehead atoms. The molecular weight excluding hydrogens is 484 g/mol. The number of hydrogen-bond donors (Lipinski definition) is 1. The SMILES string of the molecule is Cn1c(-c2ncc(C3CCC3)n2CCCc2ccc(OC[C@H]3CCN(C(=O)O)C3)cc2)cc2sccc21. The highest BCUT2D eigenvalue weighted by Gasteiger charge is 2.27. The minimum Gasteiger partial charge on any atom is -0.493 e. The van der Waals surface area contributed by atoms with Crippen molar-refractivity contribution in [3.63, 3.8) is 0 Å². The summed E-state index contributed by atoms with van der Waals surface area (Å²) in [5.74, 6) is 2.85. The van der Waals surface area contributed by atoms with Crippen molar-refractivity contribution in [2.45, 2.75) is 51.0 Å². The molecule has 0 unspecified atom stereocenters. The summed E-state index contributed by atoms with van der Waals surface area (Å²) in [4.78, 5) is 17.5. The van der Waals surface area contributed by atoms with Crippen molar-refractivity contribution >= 4 is 27.6 Å². The van der Waals surface area contributed by atoms with Crippen molar-refractivity contribution in [1.82, 2.24) is 19.0 Å². The second-order valence-electron chi connectivity index (χ2n) is 10.5. The Kier molecular flexibility index (Phi) is 6.67. The molecule has 1 amide bonds. The van der Waals surface area contributed by atoms with Crippen molar-refractivity contribution in [2.24, 2.45) is 13.0 Å². The van der Waals surface area contributed by atoms with Crippen LogP contribution in [0.3, 0.4) is 0 Å². The maximum Gasteiger partial charge on any atom is 0.407 e. The quantitative estimate of drug-likeness (QED) is 0.279. The zero-order valence-electron chi connectivity index (χ0n) is 21.3. The van der Waals surface area contributed by atoms with Gasteiger partial charge in [-0.2, -0.15) is 0 Å². The van der Waals surface area contributed by atoms with Crippen LogP contribution in [0, 0.1) is 5.92 Å². The van der Waals surface area contributed by atoms with Crippen molar-refractivity contribution < 1.29 is 14.6 Å². The Morgan fingerprint density at radius 3 is 2.73 bits per heavy atom. The lowest BCUT2D eigenvalue weighted by Gasteiger charge is -2.27. The Morgan fingerprint density at radius 2 is 2.03 bits per heavy atom. The number of nitrogens with zero attached hydrogens (tertiary/aromatic N) is 4. The van der Waals surface area contributed by atoms with Crippen molar-refractivity contribution in [2.75, 3.05) is 19.7 Å². The molecule has 0 radical (unpaired) electrons. The number of aromatic nitrogens is 3. The second kappa shape index (κ2) is 10.2. The smallest absolute Gasteiger partial charge is 0.407 e. The molecule has 6 rings (SSSR count). The maximum atomic E-state index is 11.1. The van der Waals surface area contributed by atoms with Crippen LogP contribution >= 0.6 is 11.3 Å². The molecule has 7 nitrogen and oxygen atoms in total. The lowest BCUT2D eigenvalue weighted by Crippen LogP contribution is -2.27. The summed E-state index contributed by atoms with van der Waals surface area (Å²) in [6, 6.07) is 12.9. The van der Waals surface area contributed by atoms with Gasteiger partial charge in [0.2, 0.25) is 0 Å². The van der Waals surface area contributed by atoms with E-state index in [2.05, 4.69) is 52.0 Å². The summed E-state index contributed by atoms with van der Waals surface area (Å²) in [6.45, 7) is 2.69. The van der Waals surface area contributed by atoms with Crippen LogP contribution in [0.25, 0.3) is 21.7 Å². The van der Waals surface area contributed by atoms with Gasteiger partial charge in [0.15, 0.2) is 5.82 Å². The molecule has 8 heteroatoms. The van der Waals surface area contributed by atoms with Gasteiger partial charge in [0, 0.05) is 50.4 Å². The van der Waals surface area contributed by atoms with Crippen LogP contribution in [0.5, 0.6) is 5.75 Å². The molecule has 3 aromatic heterocycles. The molecule has 4 heterocycles. The second-order valence-corrected chi connectivity index (χ2v) is 11.4. The highest BCUT2D eigenvalue weighted by molar-refractivity contribution is 7.17. The van der Waals surface area contributed by atoms with Crippen LogP contribution in [0.15, 0.2) is 48.0 Å². The fraction of sp³-hybridized carbons (Fsp3) is 0.448. The number of thiophene rings is 1. The molecular formula is C29H34N4O3S. The number of carbonyl (C=O) groups is 1. The fourth-order valence-electron chi connectivity index (χ4n) is 5.67. The lowest BCUT2D eigenvalue weighted by molar-refractivity contribution is 0.151. The van der Waals surface area contributed by atoms with Gasteiger partial charge in [0.25, 0.3) is 0 Å². The molecule has 0 spiro atoms. The standard InChI is InChI=1S/C29H34N4O3S/c1-31-24-12-15-37-27(24)16-25(31)28-30-17-26(22-5-2-6-22)33(28)13-3-4-20-7-9-23(10-8-20)36-19-21-11-14-32(18-21)29(34)35/h7-10,12,15-17,21-22H,2-6,11,13-14,18-19H2,1H3,(H,34,35)/t21-/m0/s1. The molecule has 2 aliphatic rings. The monoisotopic (exact) mass is 518 g/mol. The lowest BCUT2D eigenvalue weighted by atomic mass is 9.83. The first-order valence-electron chi connectivity index (χ1n) is 13.3. The molecule has 1 N–H and O–H groups in total. The van der Waals surface area contributed by atoms with E-state index in [4.69, 9.17) is 14.8 Å². The average Bonchev–Trinajstić information content (AvgIpc) is 3.64. The van der Waals surface area contributed by atoms with E-state index in [1.807, 2.05) is 12.1 Å². The first-order valence-corrected chi connectivity index (χ1v) is 14.2. The van der Waals surface area contributed by atoms with Crippen LogP contribution in [0.2, 0.25) is 0 Å². The third-order valence-corrected chi connectivity index (χ3v) is 8.97. The van der Waals surface area contributed by atoms with Gasteiger partial charge in [0.05, 0.1) is 22.5 Å². The van der Waals surface area contributed by atoms with Gasteiger partial charge in [0.1, 0.15) is 5.75 Å². The number of likely N-dealkylation sites (tertiary alicyclic amines) is 1. The van der Waals surface area contributed by atoms with E-state index in [1.165, 1.54) is 51.3 Å². The van der Waals surface area contributed by atoms with Crippen LogP contribution < -0.4 is 4.74 Å². The number of rotatable bonds is 9. The Bertz CT molecular complexity index is 1380. The normalized spacial score (nSPS) is 18.0. The zero-order valence-corrected chi connectivity index (χ0v) is 22.1. The third kappa shape index (κ3) is 4.87. The minimum absolute atomic E-state index is 0.269. The van der Waals surface area contributed by atoms with Gasteiger partial charge in [-0.15, -0.1) is 11.3 Å². The number of fused-ring (bicyclic) bond motifs is 1. The van der Waals surface area contributed by atoms with Gasteiger partial charge >= 0.3 is 6.09 Å². The van der Waals surface area contributed by atoms with E-state index in [-0.39, 0.29) is 5.92 Å². The van der Waals surface area contributed by atoms with Crippen molar-refractivity contribution in [1.29, 1.82) is 0 Å². The van der Waals surface area contributed by atoms with Crippen LogP contribution in [-0.2, 0) is 20.0 Å². The van der Waals surface area contributed by atoms with E-state index >= 15 is 0 Å². The van der Waals surface area contributed by atoms with Crippen LogP contribution in [0.4, 0.5) is 4.79 Å². The van der Waals surface area contributed by atoms with E-state index in [0.29, 0.717) is 25.6 Å². The molecule has 4 aromatic rings. The summed E-state index contributed by atoms with van der Waals surface area (Å²) < 4.78 is 12.0. The van der Waals surface area contributed by atoms with Crippen molar-refractivity contribution in [3.8, 4) is 17.3 Å². The molecule has 1 aliphatic heterocycles. The Morgan fingerprint density at radius 1 is 1.19 bits per heavy atom. The first kappa shape index (κ1) is 24.1. The highest BCUT2D eigenvalue weighted by Crippen LogP contribution is 2.39. The Balaban J connectivity index is 1.09. The molecule has 1 saturated carbocycles. The van der Waals surface area contributed by atoms with Gasteiger partial charge < -0.3 is 23.9 Å².